The summed E-state index contributed by atoms with van der Waals surface area (Å²) in [6, 6.07) is 7.46. The van der Waals surface area contributed by atoms with Gasteiger partial charge in [-0.15, -0.1) is 0 Å². The van der Waals surface area contributed by atoms with Crippen molar-refractivity contribution in [2.45, 2.75) is 36.6 Å². The molecule has 18 heavy (non-hydrogen) atoms. The van der Waals surface area contributed by atoms with Gasteiger partial charge in [-0.3, -0.25) is 4.21 Å². The Morgan fingerprint density at radius 2 is 1.94 bits per heavy atom. The molecule has 1 fully saturated rings. The van der Waals surface area contributed by atoms with Gasteiger partial charge in [0.1, 0.15) is 5.75 Å². The molecule has 0 saturated heterocycles. The molecule has 0 aliphatic heterocycles. The van der Waals surface area contributed by atoms with E-state index >= 15 is 0 Å². The zero-order chi connectivity index (χ0) is 13.0. The van der Waals surface area contributed by atoms with E-state index in [2.05, 4.69) is 0 Å². The lowest BCUT2D eigenvalue weighted by atomic mass is 10.0. The summed E-state index contributed by atoms with van der Waals surface area (Å²) in [7, 11) is 0.627. The third kappa shape index (κ3) is 3.33. The highest BCUT2D eigenvalue weighted by molar-refractivity contribution is 7.85. The number of hydrogen-bond donors (Lipinski definition) is 1. The average Bonchev–Trinajstić information content (AvgIpc) is 2.92. The molecule has 3 nitrogen and oxygen atoms in total. The third-order valence-electron chi connectivity index (χ3n) is 3.67. The summed E-state index contributed by atoms with van der Waals surface area (Å²) in [5.74, 6) is 1.92. The quantitative estimate of drug-likeness (QED) is 0.890. The van der Waals surface area contributed by atoms with Crippen molar-refractivity contribution in [3.05, 3.63) is 24.3 Å². The first-order valence-corrected chi connectivity index (χ1v) is 7.80. The van der Waals surface area contributed by atoms with Crippen molar-refractivity contribution in [1.82, 2.24) is 0 Å². The van der Waals surface area contributed by atoms with Crippen LogP contribution in [0.5, 0.6) is 5.75 Å². The van der Waals surface area contributed by atoms with Gasteiger partial charge in [0, 0.05) is 16.7 Å². The Labute approximate surface area is 111 Å². The molecule has 2 rings (SSSR count). The monoisotopic (exact) mass is 267 g/mol. The van der Waals surface area contributed by atoms with Crippen LogP contribution in [-0.2, 0) is 10.8 Å². The highest BCUT2D eigenvalue weighted by Gasteiger charge is 2.23. The second-order valence-corrected chi connectivity index (χ2v) is 6.39. The van der Waals surface area contributed by atoms with Gasteiger partial charge in [-0.2, -0.15) is 0 Å². The molecular formula is C14H21NO2S. The summed E-state index contributed by atoms with van der Waals surface area (Å²) in [5.41, 5.74) is 6.16. The molecule has 0 spiro atoms. The van der Waals surface area contributed by atoms with Crippen molar-refractivity contribution < 1.29 is 8.95 Å². The number of benzene rings is 1. The molecule has 0 radical (unpaired) electrons. The molecule has 1 saturated carbocycles. The molecule has 1 aromatic carbocycles. The Bertz CT molecular complexity index is 399. The molecule has 0 heterocycles. The van der Waals surface area contributed by atoms with Crippen molar-refractivity contribution in [3.8, 4) is 5.75 Å². The number of hydrogen-bond acceptors (Lipinski definition) is 3. The molecular weight excluding hydrogens is 246 g/mol. The van der Waals surface area contributed by atoms with Gasteiger partial charge in [0.25, 0.3) is 0 Å². The molecule has 1 aromatic rings. The first kappa shape index (κ1) is 13.6. The summed E-state index contributed by atoms with van der Waals surface area (Å²) in [6.07, 6.45) is 4.93. The van der Waals surface area contributed by atoms with E-state index < -0.39 is 10.8 Å². The van der Waals surface area contributed by atoms with E-state index in [1.165, 1.54) is 25.7 Å². The summed E-state index contributed by atoms with van der Waals surface area (Å²) < 4.78 is 17.3. The fraction of sp³-hybridized carbons (Fsp3) is 0.571. The summed E-state index contributed by atoms with van der Waals surface area (Å²) in [4.78, 5) is 0.837. The number of rotatable bonds is 5. The fourth-order valence-corrected chi connectivity index (χ4v) is 3.77. The molecule has 1 aliphatic rings. The van der Waals surface area contributed by atoms with Crippen molar-refractivity contribution in [2.24, 2.45) is 11.7 Å². The van der Waals surface area contributed by atoms with Crippen LogP contribution in [0, 0.1) is 5.92 Å². The van der Waals surface area contributed by atoms with Gasteiger partial charge in [-0.1, -0.05) is 12.8 Å². The van der Waals surface area contributed by atoms with Crippen LogP contribution in [0.3, 0.4) is 0 Å². The van der Waals surface area contributed by atoms with Crippen molar-refractivity contribution >= 4 is 10.8 Å². The van der Waals surface area contributed by atoms with Gasteiger partial charge in [0.05, 0.1) is 17.9 Å². The SMILES string of the molecule is COc1ccc(S(=O)CC(N)C2CCCC2)cc1. The van der Waals surface area contributed by atoms with Gasteiger partial charge in [0.15, 0.2) is 0 Å². The fourth-order valence-electron chi connectivity index (χ4n) is 2.52. The predicted octanol–water partition coefficient (Wildman–Crippen LogP) is 2.32. The van der Waals surface area contributed by atoms with Crippen LogP contribution < -0.4 is 10.5 Å². The molecule has 2 unspecified atom stereocenters. The van der Waals surface area contributed by atoms with Crippen molar-refractivity contribution in [1.29, 1.82) is 0 Å². The molecule has 4 heteroatoms. The number of ether oxygens (including phenoxy) is 1. The van der Waals surface area contributed by atoms with Crippen LogP contribution in [0.15, 0.2) is 29.2 Å². The Balaban J connectivity index is 1.93. The number of nitrogens with two attached hydrogens (primary N) is 1. The molecule has 0 aromatic heterocycles. The first-order chi connectivity index (χ1) is 8.70. The van der Waals surface area contributed by atoms with Crippen LogP contribution in [-0.4, -0.2) is 23.1 Å². The summed E-state index contributed by atoms with van der Waals surface area (Å²) in [5, 5.41) is 0. The van der Waals surface area contributed by atoms with E-state index in [1.54, 1.807) is 7.11 Å². The minimum atomic E-state index is -1.00. The lowest BCUT2D eigenvalue weighted by Gasteiger charge is -2.18. The minimum absolute atomic E-state index is 0.0652. The lowest BCUT2D eigenvalue weighted by Crippen LogP contribution is -2.34. The zero-order valence-corrected chi connectivity index (χ0v) is 11.6. The molecule has 100 valence electrons. The van der Waals surface area contributed by atoms with Gasteiger partial charge in [0.2, 0.25) is 0 Å². The Morgan fingerprint density at radius 3 is 2.50 bits per heavy atom. The lowest BCUT2D eigenvalue weighted by molar-refractivity contribution is 0.414. The smallest absolute Gasteiger partial charge is 0.118 e. The predicted molar refractivity (Wildman–Crippen MR) is 74.2 cm³/mol. The van der Waals surface area contributed by atoms with Gasteiger partial charge in [-0.05, 0) is 43.0 Å². The highest BCUT2D eigenvalue weighted by atomic mass is 32.2. The third-order valence-corrected chi connectivity index (χ3v) is 5.16. The Kier molecular flexibility index (Phi) is 4.78. The standard InChI is InChI=1S/C14H21NO2S/c1-17-12-6-8-13(9-7-12)18(16)10-14(15)11-4-2-3-5-11/h6-9,11,14H,2-5,10,15H2,1H3. The largest absolute Gasteiger partial charge is 0.497 e. The van der Waals surface area contributed by atoms with Gasteiger partial charge >= 0.3 is 0 Å². The van der Waals surface area contributed by atoms with E-state index in [1.807, 2.05) is 24.3 Å². The number of methoxy groups -OCH3 is 1. The Hall–Kier alpha value is -0.870. The maximum absolute atomic E-state index is 12.2. The van der Waals surface area contributed by atoms with E-state index in [0.717, 1.165) is 10.6 Å². The maximum atomic E-state index is 12.2. The highest BCUT2D eigenvalue weighted by Crippen LogP contribution is 2.27. The Morgan fingerprint density at radius 1 is 1.33 bits per heavy atom. The van der Waals surface area contributed by atoms with Crippen molar-refractivity contribution in [2.75, 3.05) is 12.9 Å². The van der Waals surface area contributed by atoms with E-state index in [9.17, 15) is 4.21 Å². The van der Waals surface area contributed by atoms with E-state index in [-0.39, 0.29) is 6.04 Å². The van der Waals surface area contributed by atoms with Crippen LogP contribution in [0.25, 0.3) is 0 Å². The van der Waals surface area contributed by atoms with Crippen LogP contribution in [0.2, 0.25) is 0 Å². The first-order valence-electron chi connectivity index (χ1n) is 6.48. The maximum Gasteiger partial charge on any atom is 0.118 e. The van der Waals surface area contributed by atoms with Gasteiger partial charge in [-0.25, -0.2) is 0 Å². The van der Waals surface area contributed by atoms with Crippen LogP contribution in [0.4, 0.5) is 0 Å². The van der Waals surface area contributed by atoms with E-state index in [0.29, 0.717) is 11.7 Å². The molecule has 0 amide bonds. The van der Waals surface area contributed by atoms with E-state index in [4.69, 9.17) is 10.5 Å². The molecule has 2 N–H and O–H groups in total. The molecule has 1 aliphatic carbocycles. The summed E-state index contributed by atoms with van der Waals surface area (Å²) >= 11 is 0. The normalized spacial score (nSPS) is 19.7. The average molecular weight is 267 g/mol. The topological polar surface area (TPSA) is 52.3 Å². The summed E-state index contributed by atoms with van der Waals surface area (Å²) in [6.45, 7) is 0. The van der Waals surface area contributed by atoms with Crippen molar-refractivity contribution in [3.63, 3.8) is 0 Å². The zero-order valence-electron chi connectivity index (χ0n) is 10.8. The van der Waals surface area contributed by atoms with Crippen LogP contribution >= 0.6 is 0 Å². The van der Waals surface area contributed by atoms with Gasteiger partial charge < -0.3 is 10.5 Å². The van der Waals surface area contributed by atoms with Crippen LogP contribution in [0.1, 0.15) is 25.7 Å². The molecule has 0 bridgehead atoms. The second-order valence-electron chi connectivity index (χ2n) is 4.90. The minimum Gasteiger partial charge on any atom is -0.497 e. The second kappa shape index (κ2) is 6.34. The molecule has 2 atom stereocenters.